The summed E-state index contributed by atoms with van der Waals surface area (Å²) in [6.07, 6.45) is 0. The topological polar surface area (TPSA) is 51.4 Å². The molecule has 3 rings (SSSR count). The summed E-state index contributed by atoms with van der Waals surface area (Å²) < 4.78 is 10.8. The number of halogens is 1. The summed E-state index contributed by atoms with van der Waals surface area (Å²) in [5.74, 6) is 1.28. The van der Waals surface area contributed by atoms with E-state index in [-0.39, 0.29) is 6.04 Å². The molecule has 1 saturated heterocycles. The zero-order valence-corrected chi connectivity index (χ0v) is 12.1. The molecule has 5 nitrogen and oxygen atoms in total. The van der Waals surface area contributed by atoms with Gasteiger partial charge in [-0.25, -0.2) is 0 Å². The van der Waals surface area contributed by atoms with Crippen LogP contribution in [0.25, 0.3) is 0 Å². The van der Waals surface area contributed by atoms with E-state index in [4.69, 9.17) is 20.9 Å². The van der Waals surface area contributed by atoms with Crippen molar-refractivity contribution < 1.29 is 9.26 Å². The number of rotatable bonds is 3. The molecule has 19 heavy (non-hydrogen) atoms. The lowest BCUT2D eigenvalue weighted by molar-refractivity contribution is -0.0236. The van der Waals surface area contributed by atoms with Crippen LogP contribution in [-0.4, -0.2) is 34.8 Å². The molecule has 1 aliphatic rings. The number of morpholine rings is 1. The smallest absolute Gasteiger partial charge is 0.246 e. The Bertz CT molecular complexity index is 557. The van der Waals surface area contributed by atoms with Gasteiger partial charge in [-0.05, 0) is 13.0 Å². The van der Waals surface area contributed by atoms with E-state index in [1.54, 1.807) is 11.3 Å². The van der Waals surface area contributed by atoms with Crippen molar-refractivity contribution in [3.63, 3.8) is 0 Å². The quantitative estimate of drug-likeness (QED) is 0.872. The minimum Gasteiger partial charge on any atom is -0.378 e. The molecule has 102 valence electrons. The second-order valence-electron chi connectivity index (χ2n) is 4.47. The summed E-state index contributed by atoms with van der Waals surface area (Å²) in [6.45, 7) is 4.80. The van der Waals surface area contributed by atoms with Gasteiger partial charge in [-0.2, -0.15) is 4.98 Å². The van der Waals surface area contributed by atoms with Crippen molar-refractivity contribution >= 4 is 22.9 Å². The summed E-state index contributed by atoms with van der Waals surface area (Å²) in [5.41, 5.74) is 0. The predicted molar refractivity (Wildman–Crippen MR) is 72.3 cm³/mol. The van der Waals surface area contributed by atoms with E-state index in [2.05, 4.69) is 15.0 Å². The Morgan fingerprint density at radius 1 is 1.58 bits per heavy atom. The Labute approximate surface area is 120 Å². The van der Waals surface area contributed by atoms with Crippen LogP contribution >= 0.6 is 22.9 Å². The molecule has 0 spiro atoms. The summed E-state index contributed by atoms with van der Waals surface area (Å²) in [5, 5.41) is 6.59. The van der Waals surface area contributed by atoms with Crippen LogP contribution in [0.5, 0.6) is 0 Å². The second-order valence-corrected chi connectivity index (χ2v) is 5.90. The van der Waals surface area contributed by atoms with Crippen molar-refractivity contribution in [1.29, 1.82) is 0 Å². The Kier molecular flexibility index (Phi) is 3.83. The average molecular weight is 300 g/mol. The highest BCUT2D eigenvalue weighted by atomic mass is 35.5. The molecular formula is C12H14ClN3O2S. The minimum atomic E-state index is 0.0239. The van der Waals surface area contributed by atoms with Crippen molar-refractivity contribution in [3.8, 4) is 0 Å². The van der Waals surface area contributed by atoms with Crippen molar-refractivity contribution in [3.05, 3.63) is 33.1 Å². The van der Waals surface area contributed by atoms with Crippen LogP contribution in [0, 0.1) is 6.92 Å². The van der Waals surface area contributed by atoms with Crippen LogP contribution in [0.4, 0.5) is 0 Å². The van der Waals surface area contributed by atoms with Crippen LogP contribution < -0.4 is 0 Å². The monoisotopic (exact) mass is 299 g/mol. The summed E-state index contributed by atoms with van der Waals surface area (Å²) in [6, 6.07) is 2.02. The molecule has 0 bridgehead atoms. The average Bonchev–Trinajstić information content (AvgIpc) is 2.99. The normalized spacial score (nSPS) is 20.8. The van der Waals surface area contributed by atoms with Crippen molar-refractivity contribution in [2.24, 2.45) is 0 Å². The first-order valence-electron chi connectivity index (χ1n) is 6.07. The molecule has 2 aromatic rings. The van der Waals surface area contributed by atoms with E-state index in [1.807, 2.05) is 18.4 Å². The molecule has 0 N–H and O–H groups in total. The fourth-order valence-electron chi connectivity index (χ4n) is 2.14. The van der Waals surface area contributed by atoms with Gasteiger partial charge in [0.2, 0.25) is 5.89 Å². The van der Waals surface area contributed by atoms with E-state index in [9.17, 15) is 0 Å². The van der Waals surface area contributed by atoms with Gasteiger partial charge in [0.05, 0.1) is 18.2 Å². The summed E-state index contributed by atoms with van der Waals surface area (Å²) in [7, 11) is 0. The third kappa shape index (κ3) is 2.97. The van der Waals surface area contributed by atoms with Crippen LogP contribution in [0.2, 0.25) is 5.02 Å². The lowest BCUT2D eigenvalue weighted by Gasteiger charge is -2.32. The molecule has 1 aliphatic heterocycles. The maximum Gasteiger partial charge on any atom is 0.246 e. The number of ether oxygens (including phenoxy) is 1. The van der Waals surface area contributed by atoms with Crippen LogP contribution in [-0.2, 0) is 11.3 Å². The maximum absolute atomic E-state index is 5.96. The van der Waals surface area contributed by atoms with Crippen molar-refractivity contribution in [2.75, 3.05) is 19.8 Å². The van der Waals surface area contributed by atoms with Gasteiger partial charge >= 0.3 is 0 Å². The minimum absolute atomic E-state index is 0.0239. The number of aromatic nitrogens is 2. The first kappa shape index (κ1) is 13.1. The highest BCUT2D eigenvalue weighted by Gasteiger charge is 2.29. The zero-order chi connectivity index (χ0) is 13.2. The fraction of sp³-hybridized carbons (Fsp3) is 0.500. The van der Waals surface area contributed by atoms with Gasteiger partial charge in [0.15, 0.2) is 5.82 Å². The van der Waals surface area contributed by atoms with Crippen molar-refractivity contribution in [1.82, 2.24) is 15.0 Å². The van der Waals surface area contributed by atoms with E-state index in [1.165, 1.54) is 4.88 Å². The maximum atomic E-state index is 5.96. The van der Waals surface area contributed by atoms with E-state index >= 15 is 0 Å². The van der Waals surface area contributed by atoms with Gasteiger partial charge in [0.1, 0.15) is 6.04 Å². The Morgan fingerprint density at radius 2 is 2.47 bits per heavy atom. The second kappa shape index (κ2) is 5.58. The van der Waals surface area contributed by atoms with Crippen LogP contribution in [0.15, 0.2) is 16.0 Å². The molecule has 1 unspecified atom stereocenters. The van der Waals surface area contributed by atoms with E-state index in [0.29, 0.717) is 18.3 Å². The third-order valence-corrected chi connectivity index (χ3v) is 4.32. The molecule has 0 saturated carbocycles. The van der Waals surface area contributed by atoms with Gasteiger partial charge in [-0.3, -0.25) is 4.90 Å². The number of hydrogen-bond acceptors (Lipinski definition) is 6. The Morgan fingerprint density at radius 3 is 3.16 bits per heavy atom. The third-order valence-electron chi connectivity index (χ3n) is 3.05. The first-order chi connectivity index (χ1) is 9.22. The van der Waals surface area contributed by atoms with Crippen molar-refractivity contribution in [2.45, 2.75) is 19.5 Å². The lowest BCUT2D eigenvalue weighted by Crippen LogP contribution is -2.39. The first-order valence-corrected chi connectivity index (χ1v) is 7.33. The number of hydrogen-bond donors (Lipinski definition) is 0. The molecule has 1 atom stereocenters. The molecule has 0 aliphatic carbocycles. The molecule has 0 amide bonds. The molecule has 0 aromatic carbocycles. The highest BCUT2D eigenvalue weighted by molar-refractivity contribution is 7.10. The van der Waals surface area contributed by atoms with E-state index < -0.39 is 0 Å². The number of aryl methyl sites for hydroxylation is 1. The number of nitrogens with zero attached hydrogens (tertiary/aromatic N) is 3. The van der Waals surface area contributed by atoms with Gasteiger partial charge in [-0.1, -0.05) is 16.8 Å². The molecule has 0 radical (unpaired) electrons. The largest absolute Gasteiger partial charge is 0.378 e. The summed E-state index contributed by atoms with van der Waals surface area (Å²) >= 11 is 7.63. The van der Waals surface area contributed by atoms with Gasteiger partial charge in [-0.15, -0.1) is 11.3 Å². The van der Waals surface area contributed by atoms with Gasteiger partial charge in [0, 0.05) is 23.3 Å². The number of thiophene rings is 1. The molecule has 3 heterocycles. The van der Waals surface area contributed by atoms with Crippen LogP contribution in [0.3, 0.4) is 0 Å². The molecule has 2 aromatic heterocycles. The lowest BCUT2D eigenvalue weighted by atomic mass is 10.2. The molecular weight excluding hydrogens is 286 g/mol. The Balaban J connectivity index is 1.77. The molecule has 1 fully saturated rings. The zero-order valence-electron chi connectivity index (χ0n) is 10.5. The van der Waals surface area contributed by atoms with Crippen LogP contribution in [0.1, 0.15) is 22.6 Å². The Hall–Kier alpha value is -0.950. The SMILES string of the molecule is Cc1noc(C2COCCN2Cc2cc(Cl)cs2)n1. The predicted octanol–water partition coefficient (Wildman–Crippen LogP) is 2.67. The van der Waals surface area contributed by atoms with E-state index in [0.717, 1.165) is 24.7 Å². The standard InChI is InChI=1S/C12H14ClN3O2S/c1-8-14-12(18-15-8)11-6-17-3-2-16(11)5-10-4-9(13)7-19-10/h4,7,11H,2-3,5-6H2,1H3. The highest BCUT2D eigenvalue weighted by Crippen LogP contribution is 2.27. The van der Waals surface area contributed by atoms with Gasteiger partial charge < -0.3 is 9.26 Å². The van der Waals surface area contributed by atoms with Gasteiger partial charge in [0.25, 0.3) is 0 Å². The fourth-order valence-corrected chi connectivity index (χ4v) is 3.24. The molecule has 7 heteroatoms. The summed E-state index contributed by atoms with van der Waals surface area (Å²) in [4.78, 5) is 7.83.